The Balaban J connectivity index is 1.43. The average molecular weight is 559 g/mol. The molecule has 1 spiro atoms. The zero-order valence-corrected chi connectivity index (χ0v) is 23.0. The van der Waals surface area contributed by atoms with E-state index in [0.717, 1.165) is 48.9 Å². The number of hydrogen-bond acceptors (Lipinski definition) is 7. The van der Waals surface area contributed by atoms with Crippen LogP contribution in [-0.2, 0) is 37.6 Å². The molecular weight excluding hydrogens is 522 g/mol. The van der Waals surface area contributed by atoms with Crippen LogP contribution < -0.4 is 10.1 Å². The van der Waals surface area contributed by atoms with Gasteiger partial charge < -0.3 is 29.2 Å². The molecule has 216 valence electrons. The molecule has 2 aromatic carbocycles. The molecule has 8 nitrogen and oxygen atoms in total. The minimum absolute atomic E-state index is 0.0156. The van der Waals surface area contributed by atoms with Crippen molar-refractivity contribution in [2.24, 2.45) is 5.92 Å². The number of esters is 1. The van der Waals surface area contributed by atoms with Crippen molar-refractivity contribution in [1.29, 1.82) is 0 Å². The van der Waals surface area contributed by atoms with Gasteiger partial charge in [-0.1, -0.05) is 6.07 Å². The average Bonchev–Trinajstić information content (AvgIpc) is 3.75. The number of ether oxygens (including phenoxy) is 4. The fraction of sp³-hybridized carbons (Fsp3) is 0.533. The van der Waals surface area contributed by atoms with Gasteiger partial charge in [0.15, 0.2) is 17.2 Å². The van der Waals surface area contributed by atoms with Crippen LogP contribution in [-0.4, -0.2) is 69.9 Å². The van der Waals surface area contributed by atoms with Gasteiger partial charge in [0.2, 0.25) is 5.91 Å². The molecule has 0 aromatic heterocycles. The molecule has 5 rings (SSSR count). The van der Waals surface area contributed by atoms with Crippen molar-refractivity contribution in [3.05, 3.63) is 64.2 Å². The molecule has 0 bridgehead atoms. The molecule has 2 heterocycles. The lowest BCUT2D eigenvalue weighted by Crippen LogP contribution is -2.55. The Hall–Kier alpha value is -3.08. The van der Waals surface area contributed by atoms with Gasteiger partial charge >= 0.3 is 5.97 Å². The molecule has 1 aliphatic carbocycles. The normalized spacial score (nSPS) is 21.8. The van der Waals surface area contributed by atoms with Crippen LogP contribution >= 0.6 is 0 Å². The number of piperidine rings is 1. The lowest BCUT2D eigenvalue weighted by molar-refractivity contribution is -0.149. The number of methoxy groups -OCH3 is 2. The largest absolute Gasteiger partial charge is 0.491 e. The zero-order valence-electron chi connectivity index (χ0n) is 23.0. The third kappa shape index (κ3) is 5.84. The minimum Gasteiger partial charge on any atom is -0.491 e. The van der Waals surface area contributed by atoms with Crippen molar-refractivity contribution in [1.82, 2.24) is 10.2 Å². The highest BCUT2D eigenvalue weighted by Gasteiger charge is 2.56. The molecule has 2 fully saturated rings. The van der Waals surface area contributed by atoms with E-state index in [2.05, 4.69) is 11.4 Å². The molecule has 10 heteroatoms. The van der Waals surface area contributed by atoms with Gasteiger partial charge in [-0.2, -0.15) is 0 Å². The SMILES string of the molecule is COCCCc1cc(CN(C(=O)C2CNCCC23OC(=O)c2cc(F)c(F)cc23)C2CC2)cc(OCCOC)c1. The Kier molecular flexibility index (Phi) is 8.68. The summed E-state index contributed by atoms with van der Waals surface area (Å²) in [7, 11) is 3.29. The van der Waals surface area contributed by atoms with E-state index in [4.69, 9.17) is 18.9 Å². The Morgan fingerprint density at radius 3 is 2.55 bits per heavy atom. The number of carbonyl (C=O) groups excluding carboxylic acids is 2. The molecule has 1 saturated heterocycles. The van der Waals surface area contributed by atoms with Crippen LogP contribution in [0.4, 0.5) is 8.78 Å². The molecule has 1 amide bonds. The summed E-state index contributed by atoms with van der Waals surface area (Å²) < 4.78 is 50.5. The Morgan fingerprint density at radius 1 is 1.05 bits per heavy atom. The topological polar surface area (TPSA) is 86.3 Å². The third-order valence-corrected chi connectivity index (χ3v) is 7.91. The molecule has 2 unspecified atom stereocenters. The van der Waals surface area contributed by atoms with Crippen LogP contribution in [0.5, 0.6) is 5.75 Å². The van der Waals surface area contributed by atoms with Crippen LogP contribution in [0.1, 0.15) is 52.7 Å². The number of aryl methyl sites for hydroxylation is 1. The molecule has 1 saturated carbocycles. The second-order valence-electron chi connectivity index (χ2n) is 10.7. The number of benzene rings is 2. The predicted octanol–water partition coefficient (Wildman–Crippen LogP) is 3.74. The maximum absolute atomic E-state index is 14.4. The van der Waals surface area contributed by atoms with E-state index in [1.54, 1.807) is 14.2 Å². The van der Waals surface area contributed by atoms with Gasteiger partial charge in [-0.3, -0.25) is 4.79 Å². The van der Waals surface area contributed by atoms with Crippen molar-refractivity contribution in [3.63, 3.8) is 0 Å². The number of carbonyl (C=O) groups is 2. The van der Waals surface area contributed by atoms with Crippen molar-refractivity contribution in [2.75, 3.05) is 47.1 Å². The summed E-state index contributed by atoms with van der Waals surface area (Å²) in [5.74, 6) is -3.15. The summed E-state index contributed by atoms with van der Waals surface area (Å²) in [5.41, 5.74) is 0.904. The quantitative estimate of drug-likeness (QED) is 0.314. The molecular formula is C30H36F2N2O6. The standard InChI is InChI=1S/C30H36F2N2O6/c1-37-9-3-4-19-12-20(14-22(13-19)39-11-10-38-2)18-34(21-5-6-21)28(35)25-17-33-8-7-30(25)24-16-27(32)26(31)15-23(24)29(36)40-30/h12-16,21,25,33H,3-11,17-18H2,1-2H3. The highest BCUT2D eigenvalue weighted by molar-refractivity contribution is 5.96. The first-order chi connectivity index (χ1) is 19.4. The van der Waals surface area contributed by atoms with Crippen LogP contribution in [0.15, 0.2) is 30.3 Å². The smallest absolute Gasteiger partial charge is 0.339 e. The van der Waals surface area contributed by atoms with E-state index >= 15 is 0 Å². The molecule has 1 N–H and O–H groups in total. The Labute approximate surface area is 232 Å². The summed E-state index contributed by atoms with van der Waals surface area (Å²) in [4.78, 5) is 28.9. The van der Waals surface area contributed by atoms with Crippen molar-refractivity contribution >= 4 is 11.9 Å². The fourth-order valence-corrected chi connectivity index (χ4v) is 5.81. The van der Waals surface area contributed by atoms with Gasteiger partial charge in [0.05, 0.1) is 18.1 Å². The summed E-state index contributed by atoms with van der Waals surface area (Å²) >= 11 is 0. The van der Waals surface area contributed by atoms with Gasteiger partial charge in [0.1, 0.15) is 12.4 Å². The third-order valence-electron chi connectivity index (χ3n) is 7.91. The monoisotopic (exact) mass is 558 g/mol. The first kappa shape index (κ1) is 28.4. The first-order valence-corrected chi connectivity index (χ1v) is 13.8. The van der Waals surface area contributed by atoms with E-state index in [9.17, 15) is 18.4 Å². The van der Waals surface area contributed by atoms with E-state index in [1.807, 2.05) is 17.0 Å². The summed E-state index contributed by atoms with van der Waals surface area (Å²) in [6.07, 6.45) is 3.68. The highest BCUT2D eigenvalue weighted by Crippen LogP contribution is 2.48. The minimum atomic E-state index is -1.34. The number of nitrogens with zero attached hydrogens (tertiary/aromatic N) is 1. The molecule has 40 heavy (non-hydrogen) atoms. The van der Waals surface area contributed by atoms with E-state index in [1.165, 1.54) is 0 Å². The zero-order chi connectivity index (χ0) is 28.3. The summed E-state index contributed by atoms with van der Waals surface area (Å²) in [6, 6.07) is 7.99. The molecule has 3 aliphatic rings. The number of hydrogen-bond donors (Lipinski definition) is 1. The van der Waals surface area contributed by atoms with Gasteiger partial charge in [-0.15, -0.1) is 0 Å². The number of fused-ring (bicyclic) bond motifs is 2. The maximum Gasteiger partial charge on any atom is 0.339 e. The number of rotatable bonds is 12. The fourth-order valence-electron chi connectivity index (χ4n) is 5.81. The van der Waals surface area contributed by atoms with Crippen LogP contribution in [0.3, 0.4) is 0 Å². The van der Waals surface area contributed by atoms with Crippen LogP contribution in [0, 0.1) is 17.6 Å². The molecule has 0 radical (unpaired) electrons. The Morgan fingerprint density at radius 2 is 1.80 bits per heavy atom. The summed E-state index contributed by atoms with van der Waals surface area (Å²) in [5, 5.41) is 3.24. The lowest BCUT2D eigenvalue weighted by Gasteiger charge is -2.42. The molecule has 2 aliphatic heterocycles. The van der Waals surface area contributed by atoms with E-state index < -0.39 is 29.1 Å². The van der Waals surface area contributed by atoms with Crippen molar-refractivity contribution < 1.29 is 37.3 Å². The molecule has 2 atom stereocenters. The van der Waals surface area contributed by atoms with Crippen molar-refractivity contribution in [2.45, 2.75) is 50.3 Å². The predicted molar refractivity (Wildman–Crippen MR) is 142 cm³/mol. The second kappa shape index (κ2) is 12.2. The van der Waals surface area contributed by atoms with Crippen LogP contribution in [0.25, 0.3) is 0 Å². The number of nitrogens with one attached hydrogen (secondary N) is 1. The van der Waals surface area contributed by atoms with E-state index in [-0.39, 0.29) is 36.0 Å². The molecule has 2 aromatic rings. The Bertz CT molecular complexity index is 1220. The van der Waals surface area contributed by atoms with Crippen LogP contribution in [0.2, 0.25) is 0 Å². The number of amides is 1. The first-order valence-electron chi connectivity index (χ1n) is 13.8. The summed E-state index contributed by atoms with van der Waals surface area (Å²) in [6.45, 7) is 2.59. The van der Waals surface area contributed by atoms with E-state index in [0.29, 0.717) is 38.7 Å². The lowest BCUT2D eigenvalue weighted by atomic mass is 9.75. The van der Waals surface area contributed by atoms with Gasteiger partial charge in [-0.25, -0.2) is 13.6 Å². The number of halogens is 2. The van der Waals surface area contributed by atoms with Crippen molar-refractivity contribution in [3.8, 4) is 5.75 Å². The van der Waals surface area contributed by atoms with Gasteiger partial charge in [-0.05, 0) is 67.6 Å². The van der Waals surface area contributed by atoms with Gasteiger partial charge in [0, 0.05) is 51.9 Å². The highest BCUT2D eigenvalue weighted by atomic mass is 19.2. The van der Waals surface area contributed by atoms with Gasteiger partial charge in [0.25, 0.3) is 0 Å². The second-order valence-corrected chi connectivity index (χ2v) is 10.7. The maximum atomic E-state index is 14.4.